The average Bonchev–Trinajstić information content (AvgIpc) is 3.30. The minimum atomic E-state index is -0.216. The summed E-state index contributed by atoms with van der Waals surface area (Å²) in [5.74, 6) is 0.532. The second-order valence-corrected chi connectivity index (χ2v) is 8.05. The summed E-state index contributed by atoms with van der Waals surface area (Å²) in [6.07, 6.45) is 1.39. The van der Waals surface area contributed by atoms with E-state index < -0.39 is 0 Å². The summed E-state index contributed by atoms with van der Waals surface area (Å²) in [7, 11) is 0. The van der Waals surface area contributed by atoms with Crippen molar-refractivity contribution in [3.8, 4) is 17.0 Å². The van der Waals surface area contributed by atoms with E-state index in [-0.39, 0.29) is 17.9 Å². The van der Waals surface area contributed by atoms with Gasteiger partial charge in [0.05, 0.1) is 17.3 Å². The molecule has 0 radical (unpaired) electrons. The van der Waals surface area contributed by atoms with Crippen LogP contribution in [0.25, 0.3) is 11.3 Å². The number of aromatic amines is 1. The van der Waals surface area contributed by atoms with Crippen LogP contribution >= 0.6 is 11.6 Å². The maximum atomic E-state index is 12.8. The molecular formula is C24H25ClN4O3. The zero-order valence-electron chi connectivity index (χ0n) is 17.8. The summed E-state index contributed by atoms with van der Waals surface area (Å²) in [4.78, 5) is 27.2. The van der Waals surface area contributed by atoms with E-state index in [0.717, 1.165) is 11.3 Å². The molecule has 1 aromatic heterocycles. The summed E-state index contributed by atoms with van der Waals surface area (Å²) in [5.41, 5.74) is 2.41. The minimum Gasteiger partial charge on any atom is -0.494 e. The Morgan fingerprint density at radius 2 is 1.88 bits per heavy atom. The predicted octanol–water partition coefficient (Wildman–Crippen LogP) is 4.16. The van der Waals surface area contributed by atoms with Gasteiger partial charge in [0.15, 0.2) is 0 Å². The van der Waals surface area contributed by atoms with E-state index in [1.807, 2.05) is 42.2 Å². The van der Waals surface area contributed by atoms with Gasteiger partial charge in [-0.05, 0) is 56.2 Å². The molecule has 7 nitrogen and oxygen atoms in total. The van der Waals surface area contributed by atoms with Crippen molar-refractivity contribution in [2.24, 2.45) is 0 Å². The molecule has 0 saturated carbocycles. The second kappa shape index (κ2) is 9.87. The molecule has 3 aromatic rings. The van der Waals surface area contributed by atoms with E-state index in [1.54, 1.807) is 24.3 Å². The normalized spacial score (nSPS) is 14.2. The molecule has 4 rings (SSSR count). The number of piperidine rings is 1. The average molecular weight is 453 g/mol. The number of hydrogen-bond acceptors (Lipinski definition) is 4. The quantitative estimate of drug-likeness (QED) is 0.587. The van der Waals surface area contributed by atoms with E-state index in [0.29, 0.717) is 54.5 Å². The third-order valence-corrected chi connectivity index (χ3v) is 5.83. The number of likely N-dealkylation sites (tertiary alicyclic amines) is 1. The van der Waals surface area contributed by atoms with Crippen molar-refractivity contribution >= 4 is 23.4 Å². The van der Waals surface area contributed by atoms with E-state index in [1.165, 1.54) is 0 Å². The molecule has 0 atom stereocenters. The molecule has 0 bridgehead atoms. The minimum absolute atomic E-state index is 0.000978. The first-order valence-corrected chi connectivity index (χ1v) is 11.1. The Morgan fingerprint density at radius 1 is 1.16 bits per heavy atom. The summed E-state index contributed by atoms with van der Waals surface area (Å²) in [5, 5.41) is 10.6. The number of benzene rings is 2. The Bertz CT molecular complexity index is 1090. The number of H-pyrrole nitrogens is 1. The zero-order chi connectivity index (χ0) is 22.5. The highest BCUT2D eigenvalue weighted by Crippen LogP contribution is 2.26. The molecule has 0 unspecified atom stereocenters. The maximum absolute atomic E-state index is 12.8. The summed E-state index contributed by atoms with van der Waals surface area (Å²) in [6.45, 7) is 3.69. The first kappa shape index (κ1) is 21.9. The van der Waals surface area contributed by atoms with Crippen LogP contribution in [0.3, 0.4) is 0 Å². The fourth-order valence-corrected chi connectivity index (χ4v) is 4.01. The van der Waals surface area contributed by atoms with Crippen LogP contribution in [0.15, 0.2) is 54.6 Å². The van der Waals surface area contributed by atoms with Gasteiger partial charge in [0.2, 0.25) is 0 Å². The predicted molar refractivity (Wildman–Crippen MR) is 123 cm³/mol. The fraction of sp³-hybridized carbons (Fsp3) is 0.292. The number of nitrogens with one attached hydrogen (secondary N) is 2. The third-order valence-electron chi connectivity index (χ3n) is 5.50. The molecule has 32 heavy (non-hydrogen) atoms. The molecule has 1 saturated heterocycles. The van der Waals surface area contributed by atoms with Gasteiger partial charge < -0.3 is 15.0 Å². The lowest BCUT2D eigenvalue weighted by Gasteiger charge is -2.32. The highest BCUT2D eigenvalue weighted by molar-refractivity contribution is 6.33. The van der Waals surface area contributed by atoms with Gasteiger partial charge >= 0.3 is 0 Å². The number of carbonyl (C=O) groups is 2. The molecule has 2 aromatic carbocycles. The van der Waals surface area contributed by atoms with E-state index in [9.17, 15) is 9.59 Å². The summed E-state index contributed by atoms with van der Waals surface area (Å²) in [6, 6.07) is 16.3. The van der Waals surface area contributed by atoms with Gasteiger partial charge in [0.1, 0.15) is 11.4 Å². The molecule has 2 amide bonds. The standard InChI is InChI=1S/C24H25ClN4O3/c1-2-32-18-9-7-16(8-10-18)24(31)29-13-11-17(12-14-29)26-23(30)22-15-21(27-28-22)19-5-3-4-6-20(19)25/h3-10,15,17H,2,11-14H2,1H3,(H,26,30)(H,27,28). The van der Waals surface area contributed by atoms with Crippen molar-refractivity contribution in [1.29, 1.82) is 0 Å². The topological polar surface area (TPSA) is 87.3 Å². The Labute approximate surface area is 191 Å². The number of nitrogens with zero attached hydrogens (tertiary/aromatic N) is 2. The SMILES string of the molecule is CCOc1ccc(C(=O)N2CCC(NC(=O)c3cc(-c4ccccc4Cl)n[nH]3)CC2)cc1. The number of ether oxygens (including phenoxy) is 1. The number of carbonyl (C=O) groups excluding carboxylic acids is 2. The highest BCUT2D eigenvalue weighted by atomic mass is 35.5. The van der Waals surface area contributed by atoms with Gasteiger partial charge in [-0.15, -0.1) is 0 Å². The Balaban J connectivity index is 1.31. The molecule has 2 heterocycles. The summed E-state index contributed by atoms with van der Waals surface area (Å²) < 4.78 is 5.43. The highest BCUT2D eigenvalue weighted by Gasteiger charge is 2.25. The van der Waals surface area contributed by atoms with Crippen molar-refractivity contribution in [1.82, 2.24) is 20.4 Å². The molecule has 166 valence electrons. The van der Waals surface area contributed by atoms with Gasteiger partial charge in [-0.25, -0.2) is 0 Å². The van der Waals surface area contributed by atoms with Crippen LogP contribution in [0, 0.1) is 0 Å². The molecule has 2 N–H and O–H groups in total. The molecule has 1 aliphatic rings. The van der Waals surface area contributed by atoms with Crippen LogP contribution in [-0.4, -0.2) is 52.6 Å². The molecule has 0 aliphatic carbocycles. The monoisotopic (exact) mass is 452 g/mol. The van der Waals surface area contributed by atoms with Crippen LogP contribution in [0.1, 0.15) is 40.6 Å². The van der Waals surface area contributed by atoms with Crippen LogP contribution in [0.4, 0.5) is 0 Å². The van der Waals surface area contributed by atoms with Crippen molar-refractivity contribution in [3.63, 3.8) is 0 Å². The Morgan fingerprint density at radius 3 is 2.56 bits per heavy atom. The second-order valence-electron chi connectivity index (χ2n) is 7.64. The number of amides is 2. The summed E-state index contributed by atoms with van der Waals surface area (Å²) >= 11 is 6.22. The Kier molecular flexibility index (Phi) is 6.75. The van der Waals surface area contributed by atoms with Crippen LogP contribution in [-0.2, 0) is 0 Å². The maximum Gasteiger partial charge on any atom is 0.269 e. The van der Waals surface area contributed by atoms with E-state index in [4.69, 9.17) is 16.3 Å². The first-order valence-electron chi connectivity index (χ1n) is 10.7. The Hall–Kier alpha value is -3.32. The lowest BCUT2D eigenvalue weighted by atomic mass is 10.0. The number of rotatable bonds is 6. The molecule has 1 fully saturated rings. The van der Waals surface area contributed by atoms with Crippen LogP contribution in [0.2, 0.25) is 5.02 Å². The van der Waals surface area contributed by atoms with Gasteiger partial charge in [-0.1, -0.05) is 29.8 Å². The lowest BCUT2D eigenvalue weighted by Crippen LogP contribution is -2.46. The third kappa shape index (κ3) is 4.94. The fourth-order valence-electron chi connectivity index (χ4n) is 3.78. The van der Waals surface area contributed by atoms with Crippen molar-refractivity contribution in [2.75, 3.05) is 19.7 Å². The number of hydrogen-bond donors (Lipinski definition) is 2. The van der Waals surface area contributed by atoms with Crippen molar-refractivity contribution < 1.29 is 14.3 Å². The lowest BCUT2D eigenvalue weighted by molar-refractivity contribution is 0.0697. The van der Waals surface area contributed by atoms with Crippen LogP contribution in [0.5, 0.6) is 5.75 Å². The van der Waals surface area contributed by atoms with Gasteiger partial charge in [-0.2, -0.15) is 5.10 Å². The first-order chi connectivity index (χ1) is 15.5. The van der Waals surface area contributed by atoms with E-state index in [2.05, 4.69) is 15.5 Å². The van der Waals surface area contributed by atoms with Crippen LogP contribution < -0.4 is 10.1 Å². The molecule has 0 spiro atoms. The van der Waals surface area contributed by atoms with Gasteiger partial charge in [0.25, 0.3) is 11.8 Å². The largest absolute Gasteiger partial charge is 0.494 e. The smallest absolute Gasteiger partial charge is 0.269 e. The molecular weight excluding hydrogens is 428 g/mol. The van der Waals surface area contributed by atoms with Gasteiger partial charge in [-0.3, -0.25) is 14.7 Å². The van der Waals surface area contributed by atoms with Gasteiger partial charge in [0, 0.05) is 30.3 Å². The van der Waals surface area contributed by atoms with E-state index >= 15 is 0 Å². The number of aromatic nitrogens is 2. The van der Waals surface area contributed by atoms with Crippen molar-refractivity contribution in [3.05, 3.63) is 70.9 Å². The number of halogens is 1. The molecule has 8 heteroatoms. The molecule has 1 aliphatic heterocycles. The zero-order valence-corrected chi connectivity index (χ0v) is 18.6. The van der Waals surface area contributed by atoms with Crippen molar-refractivity contribution in [2.45, 2.75) is 25.8 Å².